The summed E-state index contributed by atoms with van der Waals surface area (Å²) in [6.07, 6.45) is 24.7. The number of amides is 1. The average molecular weight is 370 g/mol. The van der Waals surface area contributed by atoms with Crippen LogP contribution in [0.3, 0.4) is 0 Å². The third kappa shape index (κ3) is 21.3. The number of ether oxygens (including phenoxy) is 1. The van der Waals surface area contributed by atoms with Crippen molar-refractivity contribution in [3.05, 3.63) is 0 Å². The number of unbranched alkanes of at least 4 members (excludes halogenated alkanes) is 17. The zero-order valence-corrected chi connectivity index (χ0v) is 18.0. The van der Waals surface area contributed by atoms with Crippen molar-refractivity contribution in [2.24, 2.45) is 0 Å². The molecule has 3 heteroatoms. The molecule has 0 saturated heterocycles. The minimum absolute atomic E-state index is 0.278. The first-order valence-corrected chi connectivity index (χ1v) is 11.7. The minimum atomic E-state index is -0.278. The summed E-state index contributed by atoms with van der Waals surface area (Å²) in [5.41, 5.74) is 0. The summed E-state index contributed by atoms with van der Waals surface area (Å²) < 4.78 is 4.83. The summed E-state index contributed by atoms with van der Waals surface area (Å²) in [4.78, 5) is 11.1. The normalized spacial score (nSPS) is 10.8. The molecule has 0 bridgehead atoms. The second-order valence-corrected chi connectivity index (χ2v) is 7.66. The quantitative estimate of drug-likeness (QED) is 0.222. The Kier molecular flexibility index (Phi) is 21.7. The average Bonchev–Trinajstić information content (AvgIpc) is 2.64. The first-order valence-electron chi connectivity index (χ1n) is 11.7. The minimum Gasteiger partial charge on any atom is -0.450 e. The van der Waals surface area contributed by atoms with Crippen LogP contribution in [0, 0.1) is 0 Å². The molecule has 0 atom stereocenters. The van der Waals surface area contributed by atoms with E-state index in [1.54, 1.807) is 0 Å². The number of carbonyl (C=O) groups is 1. The second-order valence-electron chi connectivity index (χ2n) is 7.66. The highest BCUT2D eigenvalue weighted by Crippen LogP contribution is 2.14. The lowest BCUT2D eigenvalue weighted by atomic mass is 10.0. The fourth-order valence-corrected chi connectivity index (χ4v) is 3.40. The molecule has 0 aliphatic carbocycles. The van der Waals surface area contributed by atoms with Gasteiger partial charge in [-0.05, 0) is 13.3 Å². The zero-order valence-electron chi connectivity index (χ0n) is 18.0. The zero-order chi connectivity index (χ0) is 19.1. The van der Waals surface area contributed by atoms with Crippen molar-refractivity contribution in [3.8, 4) is 0 Å². The van der Waals surface area contributed by atoms with Crippen molar-refractivity contribution >= 4 is 6.09 Å². The third-order valence-corrected chi connectivity index (χ3v) is 5.08. The van der Waals surface area contributed by atoms with Crippen molar-refractivity contribution in [1.82, 2.24) is 5.32 Å². The predicted molar refractivity (Wildman–Crippen MR) is 114 cm³/mol. The molecule has 0 unspecified atom stereocenters. The Balaban J connectivity index is 3.02. The highest BCUT2D eigenvalue weighted by atomic mass is 16.5. The van der Waals surface area contributed by atoms with Gasteiger partial charge in [0, 0.05) is 6.54 Å². The van der Waals surface area contributed by atoms with E-state index in [1.807, 2.05) is 6.92 Å². The van der Waals surface area contributed by atoms with E-state index in [0.29, 0.717) is 6.61 Å². The Morgan fingerprint density at radius 1 is 0.577 bits per heavy atom. The summed E-state index contributed by atoms with van der Waals surface area (Å²) in [5.74, 6) is 0. The van der Waals surface area contributed by atoms with E-state index in [2.05, 4.69) is 12.2 Å². The Morgan fingerprint density at radius 3 is 1.27 bits per heavy atom. The van der Waals surface area contributed by atoms with Gasteiger partial charge in [-0.15, -0.1) is 0 Å². The van der Waals surface area contributed by atoms with Gasteiger partial charge in [0.15, 0.2) is 0 Å². The van der Waals surface area contributed by atoms with Crippen LogP contribution in [0.1, 0.15) is 129 Å². The van der Waals surface area contributed by atoms with Crippen LogP contribution in [0.25, 0.3) is 0 Å². The Hall–Kier alpha value is -0.730. The van der Waals surface area contributed by atoms with Gasteiger partial charge < -0.3 is 10.1 Å². The van der Waals surface area contributed by atoms with Crippen LogP contribution < -0.4 is 5.32 Å². The van der Waals surface area contributed by atoms with Crippen LogP contribution in [0.4, 0.5) is 4.79 Å². The first kappa shape index (κ1) is 25.3. The molecule has 1 amide bonds. The fourth-order valence-electron chi connectivity index (χ4n) is 3.40. The highest BCUT2D eigenvalue weighted by molar-refractivity contribution is 5.66. The van der Waals surface area contributed by atoms with E-state index in [0.717, 1.165) is 13.0 Å². The van der Waals surface area contributed by atoms with Crippen LogP contribution in [-0.4, -0.2) is 19.2 Å². The lowest BCUT2D eigenvalue weighted by Crippen LogP contribution is -2.25. The van der Waals surface area contributed by atoms with Crippen molar-refractivity contribution in [2.45, 2.75) is 129 Å². The molecule has 0 radical (unpaired) electrons. The smallest absolute Gasteiger partial charge is 0.407 e. The molecule has 26 heavy (non-hydrogen) atoms. The van der Waals surface area contributed by atoms with Crippen LogP contribution in [0.5, 0.6) is 0 Å². The van der Waals surface area contributed by atoms with Crippen LogP contribution in [0.2, 0.25) is 0 Å². The highest BCUT2D eigenvalue weighted by Gasteiger charge is 1.98. The molecule has 0 aromatic rings. The van der Waals surface area contributed by atoms with E-state index in [1.165, 1.54) is 109 Å². The lowest BCUT2D eigenvalue weighted by Gasteiger charge is -2.05. The third-order valence-electron chi connectivity index (χ3n) is 5.08. The lowest BCUT2D eigenvalue weighted by molar-refractivity contribution is 0.152. The van der Waals surface area contributed by atoms with Crippen molar-refractivity contribution in [2.75, 3.05) is 13.2 Å². The van der Waals surface area contributed by atoms with Crippen LogP contribution >= 0.6 is 0 Å². The van der Waals surface area contributed by atoms with Crippen molar-refractivity contribution < 1.29 is 9.53 Å². The first-order chi connectivity index (χ1) is 12.8. The standard InChI is InChI=1S/C23H47NO2/c1-3-5-6-7-8-9-10-11-12-13-14-15-16-17-18-19-20-21-22-24-23(25)26-4-2/h3-22H2,1-2H3,(H,24,25). The second kappa shape index (κ2) is 22.3. The van der Waals surface area contributed by atoms with Gasteiger partial charge in [0.1, 0.15) is 0 Å². The molecule has 0 rings (SSSR count). The molecule has 0 saturated carbocycles. The number of nitrogens with one attached hydrogen (secondary N) is 1. The molecular weight excluding hydrogens is 322 g/mol. The van der Waals surface area contributed by atoms with Gasteiger partial charge in [0.2, 0.25) is 0 Å². The number of rotatable bonds is 20. The molecule has 0 heterocycles. The molecule has 156 valence electrons. The molecule has 0 aromatic carbocycles. The van der Waals surface area contributed by atoms with Gasteiger partial charge >= 0.3 is 6.09 Å². The van der Waals surface area contributed by atoms with Gasteiger partial charge in [-0.3, -0.25) is 0 Å². The maximum Gasteiger partial charge on any atom is 0.407 e. The number of carbonyl (C=O) groups excluding carboxylic acids is 1. The molecule has 0 fully saturated rings. The topological polar surface area (TPSA) is 38.3 Å². The van der Waals surface area contributed by atoms with Crippen LogP contribution in [-0.2, 0) is 4.74 Å². The van der Waals surface area contributed by atoms with E-state index < -0.39 is 0 Å². The van der Waals surface area contributed by atoms with Crippen LogP contribution in [0.15, 0.2) is 0 Å². The van der Waals surface area contributed by atoms with Crippen molar-refractivity contribution in [1.29, 1.82) is 0 Å². The van der Waals surface area contributed by atoms with Gasteiger partial charge in [0.05, 0.1) is 6.61 Å². The molecule has 0 aliphatic heterocycles. The maximum absolute atomic E-state index is 11.1. The summed E-state index contributed by atoms with van der Waals surface area (Å²) in [6, 6.07) is 0. The summed E-state index contributed by atoms with van der Waals surface area (Å²) >= 11 is 0. The Morgan fingerprint density at radius 2 is 0.923 bits per heavy atom. The molecule has 3 nitrogen and oxygen atoms in total. The fraction of sp³-hybridized carbons (Fsp3) is 0.957. The van der Waals surface area contributed by atoms with Gasteiger partial charge in [-0.25, -0.2) is 4.79 Å². The largest absolute Gasteiger partial charge is 0.450 e. The van der Waals surface area contributed by atoms with Gasteiger partial charge in [-0.1, -0.05) is 116 Å². The van der Waals surface area contributed by atoms with E-state index in [4.69, 9.17) is 4.74 Å². The molecular formula is C23H47NO2. The number of alkyl carbamates (subject to hydrolysis) is 1. The summed E-state index contributed by atoms with van der Waals surface area (Å²) in [6.45, 7) is 5.31. The molecule has 0 spiro atoms. The van der Waals surface area contributed by atoms with Gasteiger partial charge in [-0.2, -0.15) is 0 Å². The summed E-state index contributed by atoms with van der Waals surface area (Å²) in [5, 5.41) is 2.78. The van der Waals surface area contributed by atoms with E-state index in [9.17, 15) is 4.79 Å². The number of hydrogen-bond acceptors (Lipinski definition) is 2. The van der Waals surface area contributed by atoms with E-state index in [-0.39, 0.29) is 6.09 Å². The maximum atomic E-state index is 11.1. The van der Waals surface area contributed by atoms with E-state index >= 15 is 0 Å². The summed E-state index contributed by atoms with van der Waals surface area (Å²) in [7, 11) is 0. The number of hydrogen-bond donors (Lipinski definition) is 1. The Bertz CT molecular complexity index is 281. The molecule has 0 aliphatic rings. The predicted octanol–water partition coefficient (Wildman–Crippen LogP) is 7.77. The molecule has 1 N–H and O–H groups in total. The molecule has 0 aromatic heterocycles. The monoisotopic (exact) mass is 369 g/mol. The van der Waals surface area contributed by atoms with Crippen molar-refractivity contribution in [3.63, 3.8) is 0 Å². The SMILES string of the molecule is CCCCCCCCCCCCCCCCCCCCNC(=O)OCC. The Labute approximate surface area is 164 Å². The van der Waals surface area contributed by atoms with Gasteiger partial charge in [0.25, 0.3) is 0 Å².